The largest absolute Gasteiger partial charge is 0.346 e. The van der Waals surface area contributed by atoms with Gasteiger partial charge in [0.1, 0.15) is 0 Å². The van der Waals surface area contributed by atoms with E-state index < -0.39 is 0 Å². The van der Waals surface area contributed by atoms with Crippen LogP contribution < -0.4 is 5.32 Å². The third kappa shape index (κ3) is 4.43. The Kier molecular flexibility index (Phi) is 5.26. The number of hydrogen-bond acceptors (Lipinski definition) is 3. The second kappa shape index (κ2) is 7.17. The quantitative estimate of drug-likeness (QED) is 0.658. The molecular formula is C15H19N3OS. The molecule has 1 aromatic rings. The number of nitrogens with zero attached hydrogens (tertiary/aromatic N) is 2. The number of benzene rings is 1. The first-order valence-electron chi connectivity index (χ1n) is 6.67. The molecule has 0 radical (unpaired) electrons. The predicted molar refractivity (Wildman–Crippen MR) is 85.3 cm³/mol. The minimum absolute atomic E-state index is 0.183. The van der Waals surface area contributed by atoms with Crippen LogP contribution in [-0.2, 0) is 4.79 Å². The van der Waals surface area contributed by atoms with Crippen molar-refractivity contribution in [3.8, 4) is 0 Å². The summed E-state index contributed by atoms with van der Waals surface area (Å²) in [5.41, 5.74) is 0.994. The summed E-state index contributed by atoms with van der Waals surface area (Å²) in [6.45, 7) is 3.65. The zero-order valence-corrected chi connectivity index (χ0v) is 12.4. The smallest absolute Gasteiger partial charge is 0.250 e. The highest BCUT2D eigenvalue weighted by Gasteiger charge is 2.16. The van der Waals surface area contributed by atoms with E-state index in [1.54, 1.807) is 6.08 Å². The van der Waals surface area contributed by atoms with E-state index in [0.29, 0.717) is 5.11 Å². The molecule has 0 bridgehead atoms. The van der Waals surface area contributed by atoms with Gasteiger partial charge in [0.2, 0.25) is 5.91 Å². The molecule has 1 aliphatic heterocycles. The Bertz CT molecular complexity index is 493. The van der Waals surface area contributed by atoms with Crippen LogP contribution in [0.4, 0.5) is 0 Å². The van der Waals surface area contributed by atoms with E-state index in [-0.39, 0.29) is 5.91 Å². The third-order valence-corrected chi connectivity index (χ3v) is 3.61. The molecule has 0 saturated carbocycles. The Hall–Kier alpha value is -1.72. The lowest BCUT2D eigenvalue weighted by Crippen LogP contribution is -2.51. The number of carbonyl (C=O) groups excluding carboxylic acids is 1. The highest BCUT2D eigenvalue weighted by Crippen LogP contribution is 2.02. The summed E-state index contributed by atoms with van der Waals surface area (Å²) in [7, 11) is 2.08. The summed E-state index contributed by atoms with van der Waals surface area (Å²) >= 11 is 5.26. The Morgan fingerprint density at radius 1 is 1.20 bits per heavy atom. The van der Waals surface area contributed by atoms with Gasteiger partial charge in [-0.25, -0.2) is 0 Å². The molecule has 106 valence electrons. The van der Waals surface area contributed by atoms with Crippen molar-refractivity contribution in [3.05, 3.63) is 42.0 Å². The SMILES string of the molecule is CN1CCN(C(=S)NC(=O)/C=C/c2ccccc2)CC1. The van der Waals surface area contributed by atoms with Crippen LogP contribution in [0, 0.1) is 0 Å². The normalized spacial score (nSPS) is 16.4. The van der Waals surface area contributed by atoms with Crippen LogP contribution in [0.1, 0.15) is 5.56 Å². The predicted octanol–water partition coefficient (Wildman–Crippen LogP) is 1.35. The van der Waals surface area contributed by atoms with Crippen LogP contribution in [0.3, 0.4) is 0 Å². The fourth-order valence-electron chi connectivity index (χ4n) is 1.97. The van der Waals surface area contributed by atoms with E-state index in [0.717, 1.165) is 31.7 Å². The van der Waals surface area contributed by atoms with Crippen LogP contribution in [0.2, 0.25) is 0 Å². The molecule has 4 nitrogen and oxygen atoms in total. The fraction of sp³-hybridized carbons (Fsp3) is 0.333. The molecule has 1 aromatic carbocycles. The molecule has 1 aliphatic rings. The minimum atomic E-state index is -0.183. The van der Waals surface area contributed by atoms with Crippen LogP contribution >= 0.6 is 12.2 Å². The van der Waals surface area contributed by atoms with Crippen molar-refractivity contribution in [3.63, 3.8) is 0 Å². The summed E-state index contributed by atoms with van der Waals surface area (Å²) in [4.78, 5) is 16.1. The molecular weight excluding hydrogens is 270 g/mol. The Balaban J connectivity index is 1.82. The van der Waals surface area contributed by atoms with Crippen molar-refractivity contribution >= 4 is 29.3 Å². The van der Waals surface area contributed by atoms with Gasteiger partial charge in [0.25, 0.3) is 0 Å². The molecule has 0 atom stereocenters. The standard InChI is InChI=1S/C15H19N3OS/c1-17-9-11-18(12-10-17)15(20)16-14(19)8-7-13-5-3-2-4-6-13/h2-8H,9-12H2,1H3,(H,16,19,20)/b8-7+. The number of piperazine rings is 1. The Labute approximate surface area is 125 Å². The average molecular weight is 289 g/mol. The first kappa shape index (κ1) is 14.7. The van der Waals surface area contributed by atoms with E-state index in [1.165, 1.54) is 6.08 Å². The highest BCUT2D eigenvalue weighted by atomic mass is 32.1. The lowest BCUT2D eigenvalue weighted by atomic mass is 10.2. The number of carbonyl (C=O) groups is 1. The number of thiocarbonyl (C=S) groups is 1. The summed E-state index contributed by atoms with van der Waals surface area (Å²) in [5.74, 6) is -0.183. The van der Waals surface area contributed by atoms with Crippen LogP contribution in [0.5, 0.6) is 0 Å². The second-order valence-electron chi connectivity index (χ2n) is 4.83. The molecule has 1 fully saturated rings. The van der Waals surface area contributed by atoms with E-state index >= 15 is 0 Å². The maximum atomic E-state index is 11.8. The molecule has 1 N–H and O–H groups in total. The Morgan fingerprint density at radius 2 is 1.85 bits per heavy atom. The molecule has 1 heterocycles. The van der Waals surface area contributed by atoms with Crippen molar-refractivity contribution in [2.45, 2.75) is 0 Å². The topological polar surface area (TPSA) is 35.6 Å². The molecule has 0 unspecified atom stereocenters. The van der Waals surface area contributed by atoms with Gasteiger partial charge >= 0.3 is 0 Å². The van der Waals surface area contributed by atoms with Crippen molar-refractivity contribution in [1.29, 1.82) is 0 Å². The lowest BCUT2D eigenvalue weighted by Gasteiger charge is -2.33. The minimum Gasteiger partial charge on any atom is -0.346 e. The number of nitrogens with one attached hydrogen (secondary N) is 1. The fourth-order valence-corrected chi connectivity index (χ4v) is 2.25. The van der Waals surface area contributed by atoms with E-state index in [4.69, 9.17) is 12.2 Å². The zero-order chi connectivity index (χ0) is 14.4. The molecule has 0 spiro atoms. The monoisotopic (exact) mass is 289 g/mol. The van der Waals surface area contributed by atoms with Gasteiger partial charge in [-0.15, -0.1) is 0 Å². The average Bonchev–Trinajstić information content (AvgIpc) is 2.47. The third-order valence-electron chi connectivity index (χ3n) is 3.25. The van der Waals surface area contributed by atoms with Crippen molar-refractivity contribution in [2.75, 3.05) is 33.2 Å². The molecule has 20 heavy (non-hydrogen) atoms. The van der Waals surface area contributed by atoms with Gasteiger partial charge in [-0.3, -0.25) is 10.1 Å². The van der Waals surface area contributed by atoms with Gasteiger partial charge in [-0.1, -0.05) is 30.3 Å². The van der Waals surface area contributed by atoms with Crippen molar-refractivity contribution < 1.29 is 4.79 Å². The summed E-state index contributed by atoms with van der Waals surface area (Å²) in [5, 5.41) is 3.26. The summed E-state index contributed by atoms with van der Waals surface area (Å²) in [6.07, 6.45) is 3.29. The van der Waals surface area contributed by atoms with E-state index in [1.807, 2.05) is 35.2 Å². The maximum absolute atomic E-state index is 11.8. The number of hydrogen-bond donors (Lipinski definition) is 1. The van der Waals surface area contributed by atoms with Gasteiger partial charge in [0, 0.05) is 32.3 Å². The number of likely N-dealkylation sites (N-methyl/N-ethyl adjacent to an activating group) is 1. The molecule has 0 aromatic heterocycles. The van der Waals surface area contributed by atoms with Crippen LogP contribution in [-0.4, -0.2) is 54.0 Å². The van der Waals surface area contributed by atoms with Crippen molar-refractivity contribution in [1.82, 2.24) is 15.1 Å². The number of amides is 1. The molecule has 2 rings (SSSR count). The van der Waals surface area contributed by atoms with Gasteiger partial charge in [0.05, 0.1) is 0 Å². The first-order valence-corrected chi connectivity index (χ1v) is 7.07. The second-order valence-corrected chi connectivity index (χ2v) is 5.22. The maximum Gasteiger partial charge on any atom is 0.250 e. The summed E-state index contributed by atoms with van der Waals surface area (Å²) < 4.78 is 0. The van der Waals surface area contributed by atoms with Gasteiger partial charge in [0.15, 0.2) is 5.11 Å². The zero-order valence-electron chi connectivity index (χ0n) is 11.6. The van der Waals surface area contributed by atoms with Crippen LogP contribution in [0.25, 0.3) is 6.08 Å². The number of rotatable bonds is 2. The van der Waals surface area contributed by atoms with E-state index in [9.17, 15) is 4.79 Å². The lowest BCUT2D eigenvalue weighted by molar-refractivity contribution is -0.115. The van der Waals surface area contributed by atoms with Crippen LogP contribution in [0.15, 0.2) is 36.4 Å². The van der Waals surface area contributed by atoms with Crippen molar-refractivity contribution in [2.24, 2.45) is 0 Å². The van der Waals surface area contributed by atoms with Gasteiger partial charge in [-0.2, -0.15) is 0 Å². The first-order chi connectivity index (χ1) is 9.65. The van der Waals surface area contributed by atoms with Gasteiger partial charge in [-0.05, 0) is 30.9 Å². The molecule has 1 amide bonds. The Morgan fingerprint density at radius 3 is 2.50 bits per heavy atom. The summed E-state index contributed by atoms with van der Waals surface area (Å²) in [6, 6.07) is 9.71. The van der Waals surface area contributed by atoms with E-state index in [2.05, 4.69) is 17.3 Å². The van der Waals surface area contributed by atoms with Gasteiger partial charge < -0.3 is 9.80 Å². The highest BCUT2D eigenvalue weighted by molar-refractivity contribution is 7.80. The molecule has 1 saturated heterocycles. The molecule has 0 aliphatic carbocycles. The molecule has 5 heteroatoms.